The lowest BCUT2D eigenvalue weighted by atomic mass is 10.00. The van der Waals surface area contributed by atoms with E-state index in [9.17, 15) is 14.4 Å². The van der Waals surface area contributed by atoms with Crippen LogP contribution in [0.5, 0.6) is 0 Å². The molecule has 0 aliphatic rings. The summed E-state index contributed by atoms with van der Waals surface area (Å²) in [6, 6.07) is 15.1. The van der Waals surface area contributed by atoms with Gasteiger partial charge in [0.2, 0.25) is 0 Å². The van der Waals surface area contributed by atoms with Crippen molar-refractivity contribution in [1.29, 1.82) is 0 Å². The molecule has 6 aromatic heterocycles. The Balaban J connectivity index is 1.69. The Labute approximate surface area is 218 Å². The van der Waals surface area contributed by atoms with Gasteiger partial charge in [-0.25, -0.2) is 0 Å². The van der Waals surface area contributed by atoms with Crippen LogP contribution in [0.25, 0.3) is 66.5 Å². The first-order valence-electron chi connectivity index (χ1n) is 12.1. The van der Waals surface area contributed by atoms with E-state index in [2.05, 4.69) is 29.9 Å². The molecular formula is C30H18N6O3. The summed E-state index contributed by atoms with van der Waals surface area (Å²) in [7, 11) is 0. The second-order valence-corrected chi connectivity index (χ2v) is 9.12. The first kappa shape index (κ1) is 22.5. The van der Waals surface area contributed by atoms with Gasteiger partial charge in [-0.1, -0.05) is 0 Å². The number of H-pyrrole nitrogens is 3. The molecule has 1 aromatic carbocycles. The van der Waals surface area contributed by atoms with Gasteiger partial charge in [0, 0.05) is 72.1 Å². The lowest BCUT2D eigenvalue weighted by molar-refractivity contribution is 1.29. The fourth-order valence-electron chi connectivity index (χ4n) is 5.02. The molecule has 9 heteroatoms. The SMILES string of the molecule is O=c1cc(-c2cccnc2)[nH]c2c1c1[nH]c(-c3cccnc3)cc(=O)c1c1[nH]c(-c3cccnc3)cc(=O)c21. The van der Waals surface area contributed by atoms with E-state index in [1.54, 1.807) is 55.4 Å². The number of pyridine rings is 6. The first-order valence-corrected chi connectivity index (χ1v) is 12.1. The summed E-state index contributed by atoms with van der Waals surface area (Å²) >= 11 is 0. The van der Waals surface area contributed by atoms with Crippen LogP contribution in [0.2, 0.25) is 0 Å². The van der Waals surface area contributed by atoms with Gasteiger partial charge in [-0.3, -0.25) is 29.3 Å². The highest BCUT2D eigenvalue weighted by Gasteiger charge is 2.20. The van der Waals surface area contributed by atoms with Gasteiger partial charge in [-0.2, -0.15) is 0 Å². The van der Waals surface area contributed by atoms with E-state index in [0.717, 1.165) is 0 Å². The molecule has 0 amide bonds. The van der Waals surface area contributed by atoms with E-state index >= 15 is 0 Å². The summed E-state index contributed by atoms with van der Waals surface area (Å²) in [5.74, 6) is 0. The Morgan fingerprint density at radius 3 is 1.03 bits per heavy atom. The third-order valence-electron chi connectivity index (χ3n) is 6.76. The van der Waals surface area contributed by atoms with Gasteiger partial charge in [-0.15, -0.1) is 0 Å². The Kier molecular flexibility index (Phi) is 5.02. The van der Waals surface area contributed by atoms with Crippen LogP contribution in [0.1, 0.15) is 0 Å². The predicted octanol–water partition coefficient (Wildman–Crippen LogP) is 4.40. The Bertz CT molecular complexity index is 1940. The maximum absolute atomic E-state index is 13.7. The standard InChI is InChI=1S/C30H18N6O3/c37-22-10-19(16-4-1-7-31-13-16)34-28-25(22)29-27(24(39)12-21(35-29)18-6-3-9-33-15-18)30-26(28)23(38)11-20(36-30)17-5-2-8-32-14-17/h1-15H,(H,34,37)(H,35,39)(H,36,38). The van der Waals surface area contributed by atoms with Gasteiger partial charge >= 0.3 is 0 Å². The van der Waals surface area contributed by atoms with Gasteiger partial charge in [0.1, 0.15) is 0 Å². The minimum absolute atomic E-state index is 0.215. The van der Waals surface area contributed by atoms with Gasteiger partial charge in [0.25, 0.3) is 0 Å². The minimum Gasteiger partial charge on any atom is -0.354 e. The van der Waals surface area contributed by atoms with Gasteiger partial charge in [0.05, 0.1) is 49.8 Å². The number of nitrogens with zero attached hydrogens (tertiary/aromatic N) is 3. The van der Waals surface area contributed by atoms with E-state index in [-0.39, 0.29) is 32.4 Å². The summed E-state index contributed by atoms with van der Waals surface area (Å²) in [5, 5.41) is 0.646. The Morgan fingerprint density at radius 2 is 0.769 bits per heavy atom. The molecule has 186 valence electrons. The third-order valence-corrected chi connectivity index (χ3v) is 6.76. The first-order chi connectivity index (χ1) is 19.1. The van der Waals surface area contributed by atoms with E-state index < -0.39 is 0 Å². The highest BCUT2D eigenvalue weighted by molar-refractivity contribution is 6.22. The normalized spacial score (nSPS) is 11.4. The molecule has 0 saturated carbocycles. The number of rotatable bonds is 3. The van der Waals surface area contributed by atoms with Crippen molar-refractivity contribution in [2.75, 3.05) is 0 Å². The molecule has 7 aromatic rings. The van der Waals surface area contributed by atoms with E-state index in [1.807, 2.05) is 18.2 Å². The molecule has 9 nitrogen and oxygen atoms in total. The average molecular weight is 511 g/mol. The van der Waals surface area contributed by atoms with Gasteiger partial charge in [0.15, 0.2) is 16.3 Å². The smallest absolute Gasteiger partial charge is 0.192 e. The molecule has 6 heterocycles. The number of nitrogens with one attached hydrogen (secondary N) is 3. The quantitative estimate of drug-likeness (QED) is 0.301. The maximum Gasteiger partial charge on any atom is 0.192 e. The number of hydrogen-bond acceptors (Lipinski definition) is 6. The molecule has 0 radical (unpaired) electrons. The van der Waals surface area contributed by atoms with Crippen LogP contribution in [0.4, 0.5) is 0 Å². The molecule has 0 atom stereocenters. The molecule has 0 fully saturated rings. The minimum atomic E-state index is -0.343. The van der Waals surface area contributed by atoms with Crippen LogP contribution in [-0.2, 0) is 0 Å². The Morgan fingerprint density at radius 1 is 0.462 bits per heavy atom. The second kappa shape index (κ2) is 8.70. The largest absolute Gasteiger partial charge is 0.354 e. The molecule has 0 aliphatic carbocycles. The topological polar surface area (TPSA) is 137 Å². The molecule has 0 saturated heterocycles. The van der Waals surface area contributed by atoms with Crippen molar-refractivity contribution in [2.45, 2.75) is 0 Å². The Hall–Kier alpha value is -5.70. The van der Waals surface area contributed by atoms with E-state index in [0.29, 0.717) is 50.3 Å². The molecule has 0 bridgehead atoms. The third kappa shape index (κ3) is 3.64. The van der Waals surface area contributed by atoms with Crippen molar-refractivity contribution in [3.05, 3.63) is 122 Å². The lowest BCUT2D eigenvalue weighted by Gasteiger charge is -2.13. The van der Waals surface area contributed by atoms with Gasteiger partial charge in [-0.05, 0) is 36.4 Å². The van der Waals surface area contributed by atoms with E-state index in [4.69, 9.17) is 0 Å². The van der Waals surface area contributed by atoms with Crippen LogP contribution >= 0.6 is 0 Å². The zero-order chi connectivity index (χ0) is 26.5. The van der Waals surface area contributed by atoms with Crippen LogP contribution < -0.4 is 16.3 Å². The molecule has 3 N–H and O–H groups in total. The zero-order valence-electron chi connectivity index (χ0n) is 20.2. The van der Waals surface area contributed by atoms with Gasteiger partial charge < -0.3 is 15.0 Å². The summed E-state index contributed by atoms with van der Waals surface area (Å²) in [6.07, 6.45) is 9.82. The summed E-state index contributed by atoms with van der Waals surface area (Å²) in [6.45, 7) is 0. The van der Waals surface area contributed by atoms with Crippen molar-refractivity contribution < 1.29 is 0 Å². The number of benzene rings is 1. The average Bonchev–Trinajstić information content (AvgIpc) is 2.97. The summed E-state index contributed by atoms with van der Waals surface area (Å²) < 4.78 is 0. The molecular weight excluding hydrogens is 492 g/mol. The fraction of sp³-hybridized carbons (Fsp3) is 0. The van der Waals surface area contributed by atoms with Crippen molar-refractivity contribution in [1.82, 2.24) is 29.9 Å². The van der Waals surface area contributed by atoms with Crippen LogP contribution in [-0.4, -0.2) is 29.9 Å². The van der Waals surface area contributed by atoms with Crippen molar-refractivity contribution in [3.63, 3.8) is 0 Å². The number of aromatic nitrogens is 6. The summed E-state index contributed by atoms with van der Waals surface area (Å²) in [4.78, 5) is 63.4. The predicted molar refractivity (Wildman–Crippen MR) is 151 cm³/mol. The van der Waals surface area contributed by atoms with Crippen LogP contribution in [0, 0.1) is 0 Å². The highest BCUT2D eigenvalue weighted by atomic mass is 16.1. The summed E-state index contributed by atoms with van der Waals surface area (Å²) in [5.41, 5.74) is 3.50. The zero-order valence-corrected chi connectivity index (χ0v) is 20.2. The molecule has 7 rings (SSSR count). The van der Waals surface area contributed by atoms with Crippen LogP contribution in [0.3, 0.4) is 0 Å². The molecule has 0 unspecified atom stereocenters. The number of aromatic amines is 3. The van der Waals surface area contributed by atoms with Crippen molar-refractivity contribution in [2.24, 2.45) is 0 Å². The van der Waals surface area contributed by atoms with Crippen molar-refractivity contribution >= 4 is 32.7 Å². The number of fused-ring (bicyclic) bond motifs is 6. The van der Waals surface area contributed by atoms with Crippen molar-refractivity contribution in [3.8, 4) is 33.8 Å². The fourth-order valence-corrected chi connectivity index (χ4v) is 5.02. The molecule has 0 spiro atoms. The lowest BCUT2D eigenvalue weighted by Crippen LogP contribution is -2.14. The second-order valence-electron chi connectivity index (χ2n) is 9.12. The maximum atomic E-state index is 13.7. The molecule has 39 heavy (non-hydrogen) atoms. The highest BCUT2D eigenvalue weighted by Crippen LogP contribution is 2.31. The van der Waals surface area contributed by atoms with Crippen LogP contribution in [0.15, 0.2) is 106 Å². The molecule has 0 aliphatic heterocycles. The monoisotopic (exact) mass is 510 g/mol. The van der Waals surface area contributed by atoms with E-state index in [1.165, 1.54) is 18.2 Å². The number of hydrogen-bond donors (Lipinski definition) is 3.